The summed E-state index contributed by atoms with van der Waals surface area (Å²) in [5.74, 6) is -0.887. The van der Waals surface area contributed by atoms with Crippen molar-refractivity contribution in [1.29, 1.82) is 0 Å². The number of hydrogen-bond acceptors (Lipinski definition) is 5. The molecule has 1 atom stereocenters. The van der Waals surface area contributed by atoms with Crippen LogP contribution in [0.4, 0.5) is 0 Å². The second-order valence-corrected chi connectivity index (χ2v) is 8.65. The Balaban J connectivity index is 1.70. The van der Waals surface area contributed by atoms with Crippen molar-refractivity contribution in [3.05, 3.63) is 106 Å². The van der Waals surface area contributed by atoms with E-state index in [2.05, 4.69) is 0 Å². The summed E-state index contributed by atoms with van der Waals surface area (Å²) < 4.78 is 11.1. The maximum Gasteiger partial charge on any atom is 0.295 e. The van der Waals surface area contributed by atoms with Gasteiger partial charge >= 0.3 is 0 Å². The van der Waals surface area contributed by atoms with E-state index in [1.165, 1.54) is 4.90 Å². The Morgan fingerprint density at radius 2 is 1.69 bits per heavy atom. The number of carbonyl (C=O) groups excluding carboxylic acids is 2. The number of ether oxygens (including phenoxy) is 2. The van der Waals surface area contributed by atoms with Crippen LogP contribution in [0.3, 0.4) is 0 Å². The second kappa shape index (κ2) is 10.6. The van der Waals surface area contributed by atoms with Gasteiger partial charge in [-0.25, -0.2) is 0 Å². The van der Waals surface area contributed by atoms with Crippen molar-refractivity contribution >= 4 is 17.4 Å². The number of aryl methyl sites for hydroxylation is 2. The van der Waals surface area contributed by atoms with Crippen molar-refractivity contribution in [3.63, 3.8) is 0 Å². The number of nitrogens with zero attached hydrogens (tertiary/aromatic N) is 1. The fourth-order valence-corrected chi connectivity index (χ4v) is 4.27. The Kier molecular flexibility index (Phi) is 7.32. The molecule has 3 aromatic rings. The Morgan fingerprint density at radius 3 is 2.34 bits per heavy atom. The maximum absolute atomic E-state index is 13.1. The van der Waals surface area contributed by atoms with Crippen molar-refractivity contribution in [2.24, 2.45) is 0 Å². The van der Waals surface area contributed by atoms with Gasteiger partial charge in [-0.15, -0.1) is 0 Å². The minimum atomic E-state index is -0.701. The van der Waals surface area contributed by atoms with Crippen molar-refractivity contribution in [1.82, 2.24) is 4.90 Å². The fraction of sp³-hybridized carbons (Fsp3) is 0.241. The standard InChI is InChI=1S/C29H29NO5/c1-19-9-11-22(12-10-19)26-25(28(32)29(33)30(26)15-16-34-3)27(31)24-14-13-23(17-20(24)2)35-18-21-7-5-4-6-8-21/h4-14,17,26,31H,15-16,18H2,1-3H3/b27-25+. The number of Topliss-reactive ketones (excluding diaryl/α,β-unsaturated/α-hetero) is 1. The van der Waals surface area contributed by atoms with Gasteiger partial charge in [0.05, 0.1) is 18.2 Å². The zero-order valence-corrected chi connectivity index (χ0v) is 20.2. The van der Waals surface area contributed by atoms with Crippen LogP contribution >= 0.6 is 0 Å². The third-order valence-electron chi connectivity index (χ3n) is 6.17. The Labute approximate surface area is 205 Å². The lowest BCUT2D eigenvalue weighted by Gasteiger charge is -2.25. The fourth-order valence-electron chi connectivity index (χ4n) is 4.27. The smallest absolute Gasteiger partial charge is 0.295 e. The van der Waals surface area contributed by atoms with E-state index in [1.807, 2.05) is 74.5 Å². The summed E-state index contributed by atoms with van der Waals surface area (Å²) in [5.41, 5.74) is 4.16. The van der Waals surface area contributed by atoms with E-state index in [0.29, 0.717) is 17.9 Å². The van der Waals surface area contributed by atoms with Crippen LogP contribution in [-0.2, 0) is 20.9 Å². The third kappa shape index (κ3) is 5.12. The molecule has 1 aliphatic rings. The Hall–Kier alpha value is -3.90. The highest BCUT2D eigenvalue weighted by Crippen LogP contribution is 2.40. The van der Waals surface area contributed by atoms with Crippen LogP contribution in [0.5, 0.6) is 5.75 Å². The third-order valence-corrected chi connectivity index (χ3v) is 6.17. The van der Waals surface area contributed by atoms with Gasteiger partial charge in [0.2, 0.25) is 0 Å². The molecule has 1 saturated heterocycles. The first-order chi connectivity index (χ1) is 16.9. The molecule has 1 amide bonds. The van der Waals surface area contributed by atoms with Crippen LogP contribution in [0.15, 0.2) is 78.4 Å². The van der Waals surface area contributed by atoms with E-state index in [9.17, 15) is 14.7 Å². The lowest BCUT2D eigenvalue weighted by atomic mass is 9.93. The summed E-state index contributed by atoms with van der Waals surface area (Å²) in [6.45, 7) is 4.75. The molecule has 0 aliphatic carbocycles. The van der Waals surface area contributed by atoms with Crippen molar-refractivity contribution in [3.8, 4) is 5.75 Å². The molecule has 0 aromatic heterocycles. The van der Waals surface area contributed by atoms with Crippen molar-refractivity contribution < 1.29 is 24.2 Å². The molecule has 35 heavy (non-hydrogen) atoms. The maximum atomic E-state index is 13.1. The van der Waals surface area contributed by atoms with Crippen LogP contribution < -0.4 is 4.74 Å². The topological polar surface area (TPSA) is 76.1 Å². The van der Waals surface area contributed by atoms with Crippen LogP contribution in [0.25, 0.3) is 5.76 Å². The lowest BCUT2D eigenvalue weighted by Crippen LogP contribution is -2.32. The molecule has 1 N–H and O–H groups in total. The minimum Gasteiger partial charge on any atom is -0.507 e. The lowest BCUT2D eigenvalue weighted by molar-refractivity contribution is -0.140. The van der Waals surface area contributed by atoms with Crippen LogP contribution in [0, 0.1) is 13.8 Å². The van der Waals surface area contributed by atoms with Crippen LogP contribution in [0.2, 0.25) is 0 Å². The predicted octanol–water partition coefficient (Wildman–Crippen LogP) is 4.95. The quantitative estimate of drug-likeness (QED) is 0.286. The van der Waals surface area contributed by atoms with Crippen LogP contribution in [0.1, 0.15) is 33.9 Å². The van der Waals surface area contributed by atoms with Crippen LogP contribution in [-0.4, -0.2) is 42.0 Å². The first-order valence-corrected chi connectivity index (χ1v) is 11.5. The van der Waals surface area contributed by atoms with Gasteiger partial charge in [0.25, 0.3) is 11.7 Å². The second-order valence-electron chi connectivity index (χ2n) is 8.65. The number of carbonyl (C=O) groups is 2. The zero-order chi connectivity index (χ0) is 24.9. The summed E-state index contributed by atoms with van der Waals surface area (Å²) in [5, 5.41) is 11.3. The molecule has 1 fully saturated rings. The van der Waals surface area contributed by atoms with Gasteiger partial charge in [-0.3, -0.25) is 9.59 Å². The van der Waals surface area contributed by atoms with Gasteiger partial charge in [0, 0.05) is 19.2 Å². The van der Waals surface area contributed by atoms with E-state index in [0.717, 1.165) is 22.3 Å². The van der Waals surface area contributed by atoms with E-state index in [4.69, 9.17) is 9.47 Å². The molecule has 0 saturated carbocycles. The molecule has 0 radical (unpaired) electrons. The highest BCUT2D eigenvalue weighted by molar-refractivity contribution is 6.46. The number of rotatable bonds is 8. The van der Waals surface area contributed by atoms with Gasteiger partial charge in [-0.1, -0.05) is 60.2 Å². The Morgan fingerprint density at radius 1 is 0.971 bits per heavy atom. The molecule has 3 aromatic carbocycles. The highest BCUT2D eigenvalue weighted by atomic mass is 16.5. The molecule has 0 bridgehead atoms. The van der Waals surface area contributed by atoms with Crippen molar-refractivity contribution in [2.45, 2.75) is 26.5 Å². The minimum absolute atomic E-state index is 0.0796. The average Bonchev–Trinajstić information content (AvgIpc) is 3.12. The number of aliphatic hydroxyl groups is 1. The number of hydrogen-bond donors (Lipinski definition) is 1. The summed E-state index contributed by atoms with van der Waals surface area (Å²) >= 11 is 0. The summed E-state index contributed by atoms with van der Waals surface area (Å²) in [4.78, 5) is 27.5. The number of amides is 1. The van der Waals surface area contributed by atoms with Crippen molar-refractivity contribution in [2.75, 3.05) is 20.3 Å². The normalized spacial score (nSPS) is 17.1. The summed E-state index contributed by atoms with van der Waals surface area (Å²) in [6.07, 6.45) is 0. The summed E-state index contributed by atoms with van der Waals surface area (Å²) in [7, 11) is 1.54. The number of aliphatic hydroxyl groups excluding tert-OH is 1. The molecule has 1 unspecified atom stereocenters. The summed E-state index contributed by atoms with van der Waals surface area (Å²) in [6, 6.07) is 22.1. The first-order valence-electron chi connectivity index (χ1n) is 11.5. The van der Waals surface area contributed by atoms with E-state index >= 15 is 0 Å². The monoisotopic (exact) mass is 471 g/mol. The van der Waals surface area contributed by atoms with E-state index in [-0.39, 0.29) is 24.5 Å². The molecule has 4 rings (SSSR count). The van der Waals surface area contributed by atoms with Gasteiger partial charge in [-0.2, -0.15) is 0 Å². The number of benzene rings is 3. The number of methoxy groups -OCH3 is 1. The molecular weight excluding hydrogens is 442 g/mol. The highest BCUT2D eigenvalue weighted by Gasteiger charge is 2.45. The van der Waals surface area contributed by atoms with E-state index in [1.54, 1.807) is 19.2 Å². The largest absolute Gasteiger partial charge is 0.507 e. The van der Waals surface area contributed by atoms with Gasteiger partial charge in [0.1, 0.15) is 18.1 Å². The predicted molar refractivity (Wildman–Crippen MR) is 134 cm³/mol. The number of ketones is 1. The number of likely N-dealkylation sites (tertiary alicyclic amines) is 1. The Bertz CT molecular complexity index is 1250. The molecule has 0 spiro atoms. The molecule has 1 heterocycles. The zero-order valence-electron chi connectivity index (χ0n) is 20.2. The average molecular weight is 472 g/mol. The van der Waals surface area contributed by atoms with Gasteiger partial charge in [0.15, 0.2) is 0 Å². The molecule has 180 valence electrons. The molecule has 6 heteroatoms. The van der Waals surface area contributed by atoms with Gasteiger partial charge < -0.3 is 19.5 Å². The SMILES string of the molecule is COCCN1C(=O)C(=O)/C(=C(/O)c2ccc(OCc3ccccc3)cc2C)C1c1ccc(C)cc1. The molecule has 6 nitrogen and oxygen atoms in total. The van der Waals surface area contributed by atoms with E-state index < -0.39 is 17.7 Å². The molecule has 1 aliphatic heterocycles. The first kappa shape index (κ1) is 24.2. The van der Waals surface area contributed by atoms with Gasteiger partial charge in [-0.05, 0) is 48.7 Å². The molecular formula is C29H29NO5.